The third-order valence-corrected chi connectivity index (χ3v) is 2.89. The van der Waals surface area contributed by atoms with Gasteiger partial charge in [-0.1, -0.05) is 0 Å². The molecule has 0 fully saturated rings. The molecule has 1 unspecified atom stereocenters. The SMILES string of the molecule is Cc1ccc(C(C)NC(=O)Cn2cc(N)ccc2=O)o1. The molecule has 0 saturated carbocycles. The molecule has 1 amide bonds. The number of carbonyl (C=O) groups is 1. The normalized spacial score (nSPS) is 12.1. The average Bonchev–Trinajstić information content (AvgIpc) is 2.80. The number of rotatable bonds is 4. The van der Waals surface area contributed by atoms with Gasteiger partial charge in [-0.05, 0) is 32.0 Å². The number of nitrogens with one attached hydrogen (secondary N) is 1. The molecule has 3 N–H and O–H groups in total. The van der Waals surface area contributed by atoms with Crippen molar-refractivity contribution in [2.45, 2.75) is 26.4 Å². The number of nitrogens with zero attached hydrogens (tertiary/aromatic N) is 1. The van der Waals surface area contributed by atoms with Crippen LogP contribution in [0.1, 0.15) is 24.5 Å². The van der Waals surface area contributed by atoms with Gasteiger partial charge in [-0.2, -0.15) is 0 Å². The lowest BCUT2D eigenvalue weighted by Crippen LogP contribution is -2.33. The smallest absolute Gasteiger partial charge is 0.251 e. The van der Waals surface area contributed by atoms with E-state index in [0.29, 0.717) is 11.4 Å². The predicted molar refractivity (Wildman–Crippen MR) is 75.1 cm³/mol. The number of hydrogen-bond donors (Lipinski definition) is 2. The highest BCUT2D eigenvalue weighted by atomic mass is 16.3. The maximum Gasteiger partial charge on any atom is 0.251 e. The van der Waals surface area contributed by atoms with Gasteiger partial charge in [0.05, 0.1) is 6.04 Å². The van der Waals surface area contributed by atoms with E-state index in [-0.39, 0.29) is 24.1 Å². The van der Waals surface area contributed by atoms with E-state index in [1.807, 2.05) is 26.0 Å². The Bertz CT molecular complexity index is 672. The largest absolute Gasteiger partial charge is 0.464 e. The number of hydrogen-bond acceptors (Lipinski definition) is 4. The Morgan fingerprint density at radius 3 is 2.80 bits per heavy atom. The molecule has 0 spiro atoms. The lowest BCUT2D eigenvalue weighted by atomic mass is 10.2. The zero-order valence-corrected chi connectivity index (χ0v) is 11.4. The highest BCUT2D eigenvalue weighted by molar-refractivity contribution is 5.76. The number of pyridine rings is 1. The summed E-state index contributed by atoms with van der Waals surface area (Å²) in [6, 6.07) is 6.23. The van der Waals surface area contributed by atoms with Crippen LogP contribution in [-0.2, 0) is 11.3 Å². The van der Waals surface area contributed by atoms with Crippen molar-refractivity contribution < 1.29 is 9.21 Å². The number of amides is 1. The van der Waals surface area contributed by atoms with Crippen molar-refractivity contribution in [3.8, 4) is 0 Å². The van der Waals surface area contributed by atoms with E-state index in [9.17, 15) is 9.59 Å². The van der Waals surface area contributed by atoms with E-state index in [2.05, 4.69) is 5.32 Å². The number of nitrogens with two attached hydrogens (primary N) is 1. The summed E-state index contributed by atoms with van der Waals surface area (Å²) in [5.41, 5.74) is 5.76. The lowest BCUT2D eigenvalue weighted by molar-refractivity contribution is -0.122. The fourth-order valence-electron chi connectivity index (χ4n) is 1.87. The van der Waals surface area contributed by atoms with Crippen LogP contribution < -0.4 is 16.6 Å². The Balaban J connectivity index is 2.02. The number of nitrogen functional groups attached to an aromatic ring is 1. The minimum atomic E-state index is -0.278. The molecule has 0 bridgehead atoms. The second-order valence-corrected chi connectivity index (χ2v) is 4.67. The molecule has 2 rings (SSSR count). The first-order chi connectivity index (χ1) is 9.45. The Morgan fingerprint density at radius 2 is 2.15 bits per heavy atom. The summed E-state index contributed by atoms with van der Waals surface area (Å²) in [7, 11) is 0. The molecule has 0 radical (unpaired) electrons. The van der Waals surface area contributed by atoms with Crippen LogP contribution in [-0.4, -0.2) is 10.5 Å². The van der Waals surface area contributed by atoms with E-state index >= 15 is 0 Å². The van der Waals surface area contributed by atoms with Gasteiger partial charge in [0.15, 0.2) is 0 Å². The van der Waals surface area contributed by atoms with Crippen LogP contribution in [0.3, 0.4) is 0 Å². The summed E-state index contributed by atoms with van der Waals surface area (Å²) in [6.45, 7) is 3.58. The Labute approximate surface area is 116 Å². The van der Waals surface area contributed by atoms with Crippen LogP contribution in [0.4, 0.5) is 5.69 Å². The first kappa shape index (κ1) is 13.9. The first-order valence-electron chi connectivity index (χ1n) is 6.27. The molecule has 0 aliphatic rings. The van der Waals surface area contributed by atoms with Crippen LogP contribution in [0.5, 0.6) is 0 Å². The topological polar surface area (TPSA) is 90.3 Å². The molecule has 2 aromatic rings. The second kappa shape index (κ2) is 5.64. The van der Waals surface area contributed by atoms with Crippen LogP contribution in [0.2, 0.25) is 0 Å². The average molecular weight is 275 g/mol. The van der Waals surface area contributed by atoms with Crippen LogP contribution in [0.25, 0.3) is 0 Å². The van der Waals surface area contributed by atoms with Crippen LogP contribution in [0.15, 0.2) is 39.7 Å². The van der Waals surface area contributed by atoms with E-state index in [1.54, 1.807) is 0 Å². The first-order valence-corrected chi connectivity index (χ1v) is 6.27. The van der Waals surface area contributed by atoms with Gasteiger partial charge in [-0.15, -0.1) is 0 Å². The van der Waals surface area contributed by atoms with Crippen molar-refractivity contribution in [3.05, 3.63) is 52.3 Å². The predicted octanol–water partition coefficient (Wildman–Crippen LogP) is 1.21. The second-order valence-electron chi connectivity index (χ2n) is 4.67. The Morgan fingerprint density at radius 1 is 1.40 bits per heavy atom. The molecule has 0 aliphatic heterocycles. The number of carbonyl (C=O) groups excluding carboxylic acids is 1. The Hall–Kier alpha value is -2.50. The van der Waals surface area contributed by atoms with Gasteiger partial charge < -0.3 is 20.0 Å². The molecule has 6 nitrogen and oxygen atoms in total. The summed E-state index contributed by atoms with van der Waals surface area (Å²) < 4.78 is 6.70. The van der Waals surface area contributed by atoms with Crippen LogP contribution >= 0.6 is 0 Å². The number of aryl methyl sites for hydroxylation is 1. The highest BCUT2D eigenvalue weighted by Crippen LogP contribution is 2.15. The molecule has 2 heterocycles. The zero-order chi connectivity index (χ0) is 14.7. The van der Waals surface area contributed by atoms with E-state index in [1.165, 1.54) is 22.9 Å². The number of anilines is 1. The summed E-state index contributed by atoms with van der Waals surface area (Å²) in [5.74, 6) is 1.18. The maximum absolute atomic E-state index is 11.9. The fourth-order valence-corrected chi connectivity index (χ4v) is 1.87. The van der Waals surface area contributed by atoms with E-state index < -0.39 is 0 Å². The summed E-state index contributed by atoms with van der Waals surface area (Å²) in [6.07, 6.45) is 1.45. The third kappa shape index (κ3) is 3.28. The number of furan rings is 1. The van der Waals surface area contributed by atoms with Gasteiger partial charge >= 0.3 is 0 Å². The number of aromatic nitrogens is 1. The van der Waals surface area contributed by atoms with Crippen molar-refractivity contribution in [1.82, 2.24) is 9.88 Å². The minimum Gasteiger partial charge on any atom is -0.464 e. The fraction of sp³-hybridized carbons (Fsp3) is 0.286. The molecule has 1 atom stereocenters. The maximum atomic E-state index is 11.9. The van der Waals surface area contributed by atoms with Crippen molar-refractivity contribution in [2.24, 2.45) is 0 Å². The molecular formula is C14H17N3O3. The van der Waals surface area contributed by atoms with E-state index in [4.69, 9.17) is 10.2 Å². The standard InChI is InChI=1S/C14H17N3O3/c1-9-3-5-12(20-9)10(2)16-13(18)8-17-7-11(15)4-6-14(17)19/h3-7,10H,8,15H2,1-2H3,(H,16,18). The molecule has 0 aliphatic carbocycles. The van der Waals surface area contributed by atoms with Crippen LogP contribution in [0, 0.1) is 6.92 Å². The van der Waals surface area contributed by atoms with Crippen molar-refractivity contribution in [1.29, 1.82) is 0 Å². The molecule has 2 aromatic heterocycles. The lowest BCUT2D eigenvalue weighted by Gasteiger charge is -2.12. The van der Waals surface area contributed by atoms with Gasteiger partial charge in [0.2, 0.25) is 5.91 Å². The molecular weight excluding hydrogens is 258 g/mol. The van der Waals surface area contributed by atoms with E-state index in [0.717, 1.165) is 5.76 Å². The van der Waals surface area contributed by atoms with Crippen molar-refractivity contribution >= 4 is 11.6 Å². The molecule has 20 heavy (non-hydrogen) atoms. The monoisotopic (exact) mass is 275 g/mol. The molecule has 106 valence electrons. The van der Waals surface area contributed by atoms with Gasteiger partial charge in [-0.3, -0.25) is 9.59 Å². The summed E-state index contributed by atoms with van der Waals surface area (Å²) in [4.78, 5) is 23.5. The van der Waals surface area contributed by atoms with Gasteiger partial charge in [0, 0.05) is 18.0 Å². The Kier molecular flexibility index (Phi) is 3.93. The van der Waals surface area contributed by atoms with Gasteiger partial charge in [0.1, 0.15) is 18.1 Å². The van der Waals surface area contributed by atoms with Gasteiger partial charge in [0.25, 0.3) is 5.56 Å². The molecule has 0 aromatic carbocycles. The molecule has 6 heteroatoms. The van der Waals surface area contributed by atoms with Crippen molar-refractivity contribution in [3.63, 3.8) is 0 Å². The van der Waals surface area contributed by atoms with Crippen molar-refractivity contribution in [2.75, 3.05) is 5.73 Å². The van der Waals surface area contributed by atoms with Gasteiger partial charge in [-0.25, -0.2) is 0 Å². The quantitative estimate of drug-likeness (QED) is 0.877. The summed E-state index contributed by atoms with van der Waals surface area (Å²) >= 11 is 0. The zero-order valence-electron chi connectivity index (χ0n) is 11.4. The minimum absolute atomic E-state index is 0.0755. The third-order valence-electron chi connectivity index (χ3n) is 2.89. The molecule has 0 saturated heterocycles. The summed E-state index contributed by atoms with van der Waals surface area (Å²) in [5, 5.41) is 2.77. The highest BCUT2D eigenvalue weighted by Gasteiger charge is 2.13.